The largest absolute Gasteiger partial charge is 0.481 e. The molecule has 0 spiro atoms. The molecule has 1 aromatic heterocycles. The second-order valence-corrected chi connectivity index (χ2v) is 5.36. The smallest absolute Gasteiger partial charge is 0.310 e. The van der Waals surface area contributed by atoms with Crippen molar-refractivity contribution in [2.75, 3.05) is 13.1 Å². The fourth-order valence-corrected chi connectivity index (χ4v) is 2.91. The Bertz CT molecular complexity index is 438. The highest BCUT2D eigenvalue weighted by molar-refractivity contribution is 5.75. The lowest BCUT2D eigenvalue weighted by Crippen LogP contribution is -2.35. The normalized spacial score (nSPS) is 25.4. The summed E-state index contributed by atoms with van der Waals surface area (Å²) in [5.41, 5.74) is 0.325. The average Bonchev–Trinajstić information content (AvgIpc) is 2.85. The monoisotopic (exact) mass is 263 g/mol. The number of aromatic nitrogens is 2. The Balaban J connectivity index is 2.11. The van der Waals surface area contributed by atoms with Gasteiger partial charge in [-0.3, -0.25) is 19.7 Å². The summed E-state index contributed by atoms with van der Waals surface area (Å²) in [6.07, 6.45) is 7.45. The Morgan fingerprint density at radius 3 is 2.95 bits per heavy atom. The standard InChI is InChI=1S/C14H21N3O2/c1-3-4-14(13(18)19)5-8-17(10-14)11(2)12-9-15-6-7-16-12/h6-7,9,11H,3-5,8,10H2,1-2H3,(H,18,19). The van der Waals surface area contributed by atoms with Gasteiger partial charge < -0.3 is 5.11 Å². The number of rotatable bonds is 5. The van der Waals surface area contributed by atoms with Crippen LogP contribution in [0.4, 0.5) is 0 Å². The Morgan fingerprint density at radius 1 is 1.58 bits per heavy atom. The van der Waals surface area contributed by atoms with Gasteiger partial charge in [0.05, 0.1) is 17.2 Å². The first-order chi connectivity index (χ1) is 9.09. The summed E-state index contributed by atoms with van der Waals surface area (Å²) in [4.78, 5) is 22.2. The van der Waals surface area contributed by atoms with Crippen LogP contribution in [0.3, 0.4) is 0 Å². The summed E-state index contributed by atoms with van der Waals surface area (Å²) >= 11 is 0. The molecule has 0 amide bonds. The van der Waals surface area contributed by atoms with E-state index in [1.165, 1.54) is 0 Å². The Hall–Kier alpha value is -1.49. The summed E-state index contributed by atoms with van der Waals surface area (Å²) < 4.78 is 0. The molecule has 5 heteroatoms. The molecule has 0 aromatic carbocycles. The van der Waals surface area contributed by atoms with Gasteiger partial charge in [-0.15, -0.1) is 0 Å². The van der Waals surface area contributed by atoms with E-state index in [0.29, 0.717) is 6.54 Å². The molecule has 1 saturated heterocycles. The number of hydrogen-bond donors (Lipinski definition) is 1. The minimum atomic E-state index is -0.664. The van der Waals surface area contributed by atoms with Gasteiger partial charge in [0, 0.05) is 25.1 Å². The van der Waals surface area contributed by atoms with Crippen molar-refractivity contribution in [2.24, 2.45) is 5.41 Å². The zero-order chi connectivity index (χ0) is 13.9. The van der Waals surface area contributed by atoms with Crippen molar-refractivity contribution >= 4 is 5.97 Å². The van der Waals surface area contributed by atoms with Crippen molar-refractivity contribution in [1.82, 2.24) is 14.9 Å². The van der Waals surface area contributed by atoms with Gasteiger partial charge in [0.15, 0.2) is 0 Å². The molecule has 19 heavy (non-hydrogen) atoms. The van der Waals surface area contributed by atoms with E-state index in [2.05, 4.69) is 21.8 Å². The van der Waals surface area contributed by atoms with Gasteiger partial charge in [0.25, 0.3) is 0 Å². The number of carboxylic acid groups (broad SMARTS) is 1. The van der Waals surface area contributed by atoms with Crippen molar-refractivity contribution in [3.63, 3.8) is 0 Å². The lowest BCUT2D eigenvalue weighted by atomic mass is 9.83. The van der Waals surface area contributed by atoms with Crippen molar-refractivity contribution in [2.45, 2.75) is 39.2 Å². The van der Waals surface area contributed by atoms with Crippen LogP contribution in [-0.4, -0.2) is 39.0 Å². The highest BCUT2D eigenvalue weighted by Gasteiger charge is 2.45. The molecule has 0 saturated carbocycles. The molecule has 2 atom stereocenters. The first kappa shape index (κ1) is 13.9. The molecule has 1 aliphatic rings. The Kier molecular flexibility index (Phi) is 4.14. The minimum Gasteiger partial charge on any atom is -0.481 e. The zero-order valence-corrected chi connectivity index (χ0v) is 11.5. The van der Waals surface area contributed by atoms with Gasteiger partial charge in [-0.25, -0.2) is 0 Å². The van der Waals surface area contributed by atoms with Gasteiger partial charge in [-0.2, -0.15) is 0 Å². The van der Waals surface area contributed by atoms with Crippen LogP contribution < -0.4 is 0 Å². The predicted molar refractivity (Wildman–Crippen MR) is 71.6 cm³/mol. The fraction of sp³-hybridized carbons (Fsp3) is 0.643. The van der Waals surface area contributed by atoms with Crippen molar-refractivity contribution in [1.29, 1.82) is 0 Å². The summed E-state index contributed by atoms with van der Waals surface area (Å²) in [7, 11) is 0. The van der Waals surface area contributed by atoms with Crippen LogP contribution in [0.2, 0.25) is 0 Å². The topological polar surface area (TPSA) is 66.3 Å². The third-order valence-electron chi connectivity index (χ3n) is 4.12. The van der Waals surface area contributed by atoms with Crippen LogP contribution in [0, 0.1) is 5.41 Å². The molecule has 2 rings (SSSR count). The number of nitrogens with zero attached hydrogens (tertiary/aromatic N) is 3. The number of hydrogen-bond acceptors (Lipinski definition) is 4. The Labute approximate surface area is 113 Å². The fourth-order valence-electron chi connectivity index (χ4n) is 2.91. The molecular formula is C14H21N3O2. The van der Waals surface area contributed by atoms with E-state index < -0.39 is 11.4 Å². The summed E-state index contributed by atoms with van der Waals surface area (Å²) in [6, 6.07) is 0.117. The van der Waals surface area contributed by atoms with Gasteiger partial charge in [-0.05, 0) is 26.3 Å². The molecule has 1 fully saturated rings. The third kappa shape index (κ3) is 2.76. The van der Waals surface area contributed by atoms with E-state index in [9.17, 15) is 9.90 Å². The van der Waals surface area contributed by atoms with E-state index in [4.69, 9.17) is 0 Å². The molecule has 0 aliphatic carbocycles. The first-order valence-corrected chi connectivity index (χ1v) is 6.82. The van der Waals surface area contributed by atoms with Crippen LogP contribution in [0.15, 0.2) is 18.6 Å². The second-order valence-electron chi connectivity index (χ2n) is 5.36. The number of likely N-dealkylation sites (tertiary alicyclic amines) is 1. The first-order valence-electron chi connectivity index (χ1n) is 6.82. The second kappa shape index (κ2) is 5.65. The minimum absolute atomic E-state index is 0.117. The predicted octanol–water partition coefficient (Wildman–Crippen LogP) is 2.11. The van der Waals surface area contributed by atoms with E-state index in [0.717, 1.165) is 31.5 Å². The summed E-state index contributed by atoms with van der Waals surface area (Å²) in [6.45, 7) is 5.52. The van der Waals surface area contributed by atoms with Crippen molar-refractivity contribution in [3.05, 3.63) is 24.3 Å². The lowest BCUT2D eigenvalue weighted by Gasteiger charge is -2.27. The van der Waals surface area contributed by atoms with Crippen LogP contribution in [-0.2, 0) is 4.79 Å². The molecule has 104 valence electrons. The lowest BCUT2D eigenvalue weighted by molar-refractivity contribution is -0.148. The van der Waals surface area contributed by atoms with Crippen LogP contribution >= 0.6 is 0 Å². The maximum absolute atomic E-state index is 11.6. The highest BCUT2D eigenvalue weighted by atomic mass is 16.4. The van der Waals surface area contributed by atoms with E-state index >= 15 is 0 Å². The molecule has 1 aliphatic heterocycles. The maximum atomic E-state index is 11.6. The van der Waals surface area contributed by atoms with Crippen LogP contribution in [0.25, 0.3) is 0 Å². The van der Waals surface area contributed by atoms with Gasteiger partial charge >= 0.3 is 5.97 Å². The summed E-state index contributed by atoms with van der Waals surface area (Å²) in [5.74, 6) is -0.664. The van der Waals surface area contributed by atoms with Gasteiger partial charge in [-0.1, -0.05) is 13.3 Å². The SMILES string of the molecule is CCCC1(C(=O)O)CCN(C(C)c2cnccn2)C1. The molecule has 0 bridgehead atoms. The molecule has 2 heterocycles. The molecule has 2 unspecified atom stereocenters. The average molecular weight is 263 g/mol. The molecule has 1 N–H and O–H groups in total. The van der Waals surface area contributed by atoms with Crippen molar-refractivity contribution in [3.8, 4) is 0 Å². The summed E-state index contributed by atoms with van der Waals surface area (Å²) in [5, 5.41) is 9.51. The highest BCUT2D eigenvalue weighted by Crippen LogP contribution is 2.38. The maximum Gasteiger partial charge on any atom is 0.310 e. The molecule has 5 nitrogen and oxygen atoms in total. The van der Waals surface area contributed by atoms with Crippen molar-refractivity contribution < 1.29 is 9.90 Å². The van der Waals surface area contributed by atoms with Crippen LogP contribution in [0.5, 0.6) is 0 Å². The molecule has 1 aromatic rings. The van der Waals surface area contributed by atoms with E-state index in [1.54, 1.807) is 18.6 Å². The van der Waals surface area contributed by atoms with E-state index in [1.807, 2.05) is 6.92 Å². The third-order valence-corrected chi connectivity index (χ3v) is 4.12. The number of aliphatic carboxylic acids is 1. The number of carbonyl (C=O) groups is 1. The van der Waals surface area contributed by atoms with Gasteiger partial charge in [0.2, 0.25) is 0 Å². The van der Waals surface area contributed by atoms with Crippen LogP contribution in [0.1, 0.15) is 44.8 Å². The van der Waals surface area contributed by atoms with Gasteiger partial charge in [0.1, 0.15) is 0 Å². The molecule has 0 radical (unpaired) electrons. The Morgan fingerprint density at radius 2 is 2.37 bits per heavy atom. The quantitative estimate of drug-likeness (QED) is 0.881. The zero-order valence-electron chi connectivity index (χ0n) is 11.5. The molecular weight excluding hydrogens is 242 g/mol. The van der Waals surface area contributed by atoms with E-state index in [-0.39, 0.29) is 6.04 Å². The number of carboxylic acids is 1.